The molecule has 0 saturated carbocycles. The summed E-state index contributed by atoms with van der Waals surface area (Å²) in [4.78, 5) is 22.2. The van der Waals surface area contributed by atoms with Crippen molar-refractivity contribution in [1.82, 2.24) is 0 Å². The fraction of sp³-hybridized carbons (Fsp3) is 0. The highest BCUT2D eigenvalue weighted by Gasteiger charge is 2.18. The molecule has 158 valence electrons. The highest BCUT2D eigenvalue weighted by molar-refractivity contribution is 7.92. The normalized spacial score (nSPS) is 11.4. The number of carbonyl (C=O) groups is 1. The number of nitro benzene ring substituents is 1. The first kappa shape index (κ1) is 21.5. The molecule has 3 aromatic rings. The van der Waals surface area contributed by atoms with Crippen molar-refractivity contribution in [3.05, 3.63) is 94.0 Å². The number of rotatable bonds is 7. The standard InChI is InChI=1S/C21H16N2O7S/c24-19(10-4-14-5-11-20(25)21(26)12-14)15-6-8-16(9-7-15)22-31(29,30)18-3-1-2-17(13-18)23(27)28/h1-13,22,25-26H/b10-4+. The van der Waals surface area contributed by atoms with Crippen molar-refractivity contribution in [3.63, 3.8) is 0 Å². The molecule has 0 radical (unpaired) electrons. The third-order valence-electron chi connectivity index (χ3n) is 4.19. The number of benzene rings is 3. The van der Waals surface area contributed by atoms with Crippen LogP contribution in [0.1, 0.15) is 15.9 Å². The summed E-state index contributed by atoms with van der Waals surface area (Å²) in [6, 6.07) is 14.4. The van der Waals surface area contributed by atoms with Gasteiger partial charge in [-0.05, 0) is 54.1 Å². The zero-order valence-electron chi connectivity index (χ0n) is 15.8. The number of phenolic OH excluding ortho intramolecular Hbond substituents is 2. The third kappa shape index (κ3) is 5.25. The van der Waals surface area contributed by atoms with E-state index in [2.05, 4.69) is 4.72 Å². The topological polar surface area (TPSA) is 147 Å². The van der Waals surface area contributed by atoms with Crippen LogP contribution < -0.4 is 4.72 Å². The van der Waals surface area contributed by atoms with Gasteiger partial charge in [-0.15, -0.1) is 0 Å². The molecule has 0 aliphatic carbocycles. The first-order valence-electron chi connectivity index (χ1n) is 8.77. The minimum atomic E-state index is -4.05. The summed E-state index contributed by atoms with van der Waals surface area (Å²) < 4.78 is 27.2. The molecule has 0 aliphatic rings. The lowest BCUT2D eigenvalue weighted by Crippen LogP contribution is -2.13. The van der Waals surface area contributed by atoms with Gasteiger partial charge in [0, 0.05) is 23.4 Å². The summed E-state index contributed by atoms with van der Waals surface area (Å²) in [6.45, 7) is 0. The van der Waals surface area contributed by atoms with Crippen LogP contribution in [0.25, 0.3) is 6.08 Å². The first-order valence-corrected chi connectivity index (χ1v) is 10.3. The molecule has 0 fully saturated rings. The Balaban J connectivity index is 1.72. The second-order valence-corrected chi connectivity index (χ2v) is 8.07. The summed E-state index contributed by atoms with van der Waals surface area (Å²) in [5, 5.41) is 29.6. The van der Waals surface area contributed by atoms with Crippen molar-refractivity contribution in [3.8, 4) is 11.5 Å². The maximum absolute atomic E-state index is 12.5. The number of non-ortho nitro benzene ring substituents is 1. The van der Waals surface area contributed by atoms with Crippen LogP contribution in [-0.4, -0.2) is 29.3 Å². The maximum Gasteiger partial charge on any atom is 0.270 e. The molecule has 0 aromatic heterocycles. The van der Waals surface area contributed by atoms with Crippen LogP contribution in [0.2, 0.25) is 0 Å². The lowest BCUT2D eigenvalue weighted by Gasteiger charge is -2.08. The minimum Gasteiger partial charge on any atom is -0.504 e. The molecular weight excluding hydrogens is 424 g/mol. The van der Waals surface area contributed by atoms with Gasteiger partial charge in [0.2, 0.25) is 0 Å². The smallest absolute Gasteiger partial charge is 0.270 e. The maximum atomic E-state index is 12.5. The van der Waals surface area contributed by atoms with Gasteiger partial charge in [-0.2, -0.15) is 0 Å². The molecule has 0 saturated heterocycles. The van der Waals surface area contributed by atoms with Gasteiger partial charge in [-0.25, -0.2) is 8.42 Å². The van der Waals surface area contributed by atoms with Crippen molar-refractivity contribution < 1.29 is 28.3 Å². The number of hydrogen-bond acceptors (Lipinski definition) is 7. The monoisotopic (exact) mass is 440 g/mol. The molecule has 0 amide bonds. The molecule has 3 aromatic carbocycles. The highest BCUT2D eigenvalue weighted by Crippen LogP contribution is 2.25. The quantitative estimate of drug-likeness (QED) is 0.167. The van der Waals surface area contributed by atoms with E-state index < -0.39 is 14.9 Å². The number of allylic oxidation sites excluding steroid dienone is 1. The zero-order chi connectivity index (χ0) is 22.6. The van der Waals surface area contributed by atoms with Crippen LogP contribution in [0.3, 0.4) is 0 Å². The van der Waals surface area contributed by atoms with Crippen molar-refractivity contribution in [1.29, 1.82) is 0 Å². The zero-order valence-corrected chi connectivity index (χ0v) is 16.6. The Hall–Kier alpha value is -4.18. The summed E-state index contributed by atoms with van der Waals surface area (Å²) in [6.07, 6.45) is 2.73. The Labute approximate surface area is 177 Å². The molecule has 3 N–H and O–H groups in total. The number of anilines is 1. The van der Waals surface area contributed by atoms with Gasteiger partial charge in [0.25, 0.3) is 15.7 Å². The Kier molecular flexibility index (Phi) is 6.02. The van der Waals surface area contributed by atoms with Gasteiger partial charge >= 0.3 is 0 Å². The van der Waals surface area contributed by atoms with E-state index in [0.29, 0.717) is 5.56 Å². The summed E-state index contributed by atoms with van der Waals surface area (Å²) >= 11 is 0. The Morgan fingerprint density at radius 1 is 0.968 bits per heavy atom. The summed E-state index contributed by atoms with van der Waals surface area (Å²) in [7, 11) is -4.05. The van der Waals surface area contributed by atoms with Gasteiger partial charge in [-0.3, -0.25) is 19.6 Å². The van der Waals surface area contributed by atoms with E-state index in [1.807, 2.05) is 0 Å². The molecule has 0 aliphatic heterocycles. The Morgan fingerprint density at radius 2 is 1.68 bits per heavy atom. The number of sulfonamides is 1. The van der Waals surface area contributed by atoms with E-state index in [9.17, 15) is 33.5 Å². The molecule has 0 unspecified atom stereocenters. The number of aromatic hydroxyl groups is 2. The molecule has 0 bridgehead atoms. The Morgan fingerprint density at radius 3 is 2.32 bits per heavy atom. The van der Waals surface area contributed by atoms with Gasteiger partial charge < -0.3 is 10.2 Å². The number of nitrogens with one attached hydrogen (secondary N) is 1. The average Bonchev–Trinajstić information content (AvgIpc) is 2.74. The number of nitro groups is 1. The molecule has 3 rings (SSSR count). The van der Waals surface area contributed by atoms with Crippen molar-refractivity contribution in [2.45, 2.75) is 4.90 Å². The van der Waals surface area contributed by atoms with Crippen molar-refractivity contribution in [2.75, 3.05) is 4.72 Å². The first-order chi connectivity index (χ1) is 14.7. The fourth-order valence-electron chi connectivity index (χ4n) is 2.59. The molecule has 31 heavy (non-hydrogen) atoms. The largest absolute Gasteiger partial charge is 0.504 e. The Bertz CT molecular complexity index is 1280. The predicted molar refractivity (Wildman–Crippen MR) is 113 cm³/mol. The van der Waals surface area contributed by atoms with Crippen LogP contribution in [0.5, 0.6) is 11.5 Å². The molecule has 0 spiro atoms. The SMILES string of the molecule is O=C(/C=C/c1ccc(O)c(O)c1)c1ccc(NS(=O)(=O)c2cccc([N+](=O)[O-])c2)cc1. The van der Waals surface area contributed by atoms with Gasteiger partial charge in [0.15, 0.2) is 17.3 Å². The lowest BCUT2D eigenvalue weighted by molar-refractivity contribution is -0.385. The van der Waals surface area contributed by atoms with E-state index in [4.69, 9.17) is 0 Å². The number of carbonyl (C=O) groups excluding carboxylic acids is 1. The van der Waals surface area contributed by atoms with E-state index >= 15 is 0 Å². The minimum absolute atomic E-state index is 0.176. The van der Waals surface area contributed by atoms with E-state index in [0.717, 1.165) is 6.07 Å². The third-order valence-corrected chi connectivity index (χ3v) is 5.57. The number of phenols is 2. The number of ketones is 1. The van der Waals surface area contributed by atoms with Crippen LogP contribution in [0, 0.1) is 10.1 Å². The molecular formula is C21H16N2O7S. The highest BCUT2D eigenvalue weighted by atomic mass is 32.2. The van der Waals surface area contributed by atoms with Crippen LogP contribution in [0.4, 0.5) is 11.4 Å². The average molecular weight is 440 g/mol. The molecule has 9 nitrogen and oxygen atoms in total. The summed E-state index contributed by atoms with van der Waals surface area (Å²) in [5.41, 5.74) is 0.621. The van der Waals surface area contributed by atoms with Crippen LogP contribution >= 0.6 is 0 Å². The summed E-state index contributed by atoms with van der Waals surface area (Å²) in [5.74, 6) is -0.942. The molecule has 10 heteroatoms. The van der Waals surface area contributed by atoms with E-state index in [-0.39, 0.29) is 39.1 Å². The van der Waals surface area contributed by atoms with Crippen LogP contribution in [-0.2, 0) is 10.0 Å². The van der Waals surface area contributed by atoms with E-state index in [1.54, 1.807) is 0 Å². The second-order valence-electron chi connectivity index (χ2n) is 6.38. The second kappa shape index (κ2) is 8.67. The molecule has 0 heterocycles. The number of nitrogens with zero attached hydrogens (tertiary/aromatic N) is 1. The van der Waals surface area contributed by atoms with E-state index in [1.165, 1.54) is 72.8 Å². The van der Waals surface area contributed by atoms with Crippen LogP contribution in [0.15, 0.2) is 77.7 Å². The molecule has 0 atom stereocenters. The van der Waals surface area contributed by atoms with Crippen molar-refractivity contribution >= 4 is 33.3 Å². The lowest BCUT2D eigenvalue weighted by atomic mass is 10.1. The fourth-order valence-corrected chi connectivity index (χ4v) is 3.69. The van der Waals surface area contributed by atoms with Gasteiger partial charge in [0.05, 0.1) is 9.82 Å². The van der Waals surface area contributed by atoms with Gasteiger partial charge in [0.1, 0.15) is 0 Å². The van der Waals surface area contributed by atoms with Crippen molar-refractivity contribution in [2.24, 2.45) is 0 Å². The predicted octanol–water partition coefficient (Wildman–Crippen LogP) is 3.70. The van der Waals surface area contributed by atoms with Gasteiger partial charge in [-0.1, -0.05) is 18.2 Å². The number of hydrogen-bond donors (Lipinski definition) is 3.